The zero-order chi connectivity index (χ0) is 14.7. The molecule has 4 heteroatoms. The number of carbonyl (C=O) groups is 1. The molecule has 0 spiro atoms. The first-order valence-corrected chi connectivity index (χ1v) is 7.36. The molecule has 1 heterocycles. The molecule has 0 atom stereocenters. The Labute approximate surface area is 126 Å². The monoisotopic (exact) mass is 295 g/mol. The van der Waals surface area contributed by atoms with Crippen molar-refractivity contribution in [2.45, 2.75) is 6.42 Å². The van der Waals surface area contributed by atoms with Crippen molar-refractivity contribution >= 4 is 17.3 Å². The van der Waals surface area contributed by atoms with E-state index >= 15 is 0 Å². The summed E-state index contributed by atoms with van der Waals surface area (Å²) in [6, 6.07) is 18.5. The van der Waals surface area contributed by atoms with Crippen molar-refractivity contribution in [1.82, 2.24) is 4.98 Å². The van der Waals surface area contributed by atoms with Crippen LogP contribution in [0.4, 0.5) is 0 Å². The predicted molar refractivity (Wildman–Crippen MR) is 83.8 cm³/mol. The third-order valence-electron chi connectivity index (χ3n) is 3.18. The van der Waals surface area contributed by atoms with Crippen LogP contribution in [0.25, 0.3) is 10.4 Å². The first-order chi connectivity index (χ1) is 10.2. The summed E-state index contributed by atoms with van der Waals surface area (Å²) in [6.07, 6.45) is 2.50. The van der Waals surface area contributed by atoms with E-state index in [0.717, 1.165) is 16.9 Å². The van der Waals surface area contributed by atoms with Crippen LogP contribution in [0.1, 0.15) is 20.9 Å². The van der Waals surface area contributed by atoms with Crippen LogP contribution in [0.15, 0.2) is 60.8 Å². The van der Waals surface area contributed by atoms with E-state index in [1.54, 1.807) is 6.20 Å². The molecule has 0 unspecified atom stereocenters. The fraction of sp³-hybridized carbons (Fsp3) is 0.0588. The van der Waals surface area contributed by atoms with Crippen LogP contribution in [0, 0.1) is 0 Å². The number of benzene rings is 2. The van der Waals surface area contributed by atoms with Gasteiger partial charge in [-0.1, -0.05) is 54.6 Å². The Kier molecular flexibility index (Phi) is 3.79. The largest absolute Gasteiger partial charge is 0.476 e. The van der Waals surface area contributed by atoms with Crippen LogP contribution in [0.5, 0.6) is 0 Å². The van der Waals surface area contributed by atoms with Gasteiger partial charge >= 0.3 is 5.97 Å². The molecule has 0 aliphatic rings. The highest BCUT2D eigenvalue weighted by atomic mass is 32.1. The Morgan fingerprint density at radius 1 is 1.00 bits per heavy atom. The van der Waals surface area contributed by atoms with Crippen molar-refractivity contribution in [2.75, 3.05) is 0 Å². The van der Waals surface area contributed by atoms with Gasteiger partial charge in [-0.3, -0.25) is 0 Å². The van der Waals surface area contributed by atoms with Gasteiger partial charge in [0.15, 0.2) is 0 Å². The lowest BCUT2D eigenvalue weighted by Crippen LogP contribution is -1.92. The molecular formula is C17H13NO2S. The van der Waals surface area contributed by atoms with Gasteiger partial charge < -0.3 is 5.11 Å². The highest BCUT2D eigenvalue weighted by molar-refractivity contribution is 7.16. The SMILES string of the molecule is O=C(O)c1ncc(-c2ccc(Cc3ccccc3)cc2)s1. The van der Waals surface area contributed by atoms with E-state index in [2.05, 4.69) is 29.2 Å². The molecule has 1 aromatic heterocycles. The minimum Gasteiger partial charge on any atom is -0.476 e. The number of hydrogen-bond acceptors (Lipinski definition) is 3. The van der Waals surface area contributed by atoms with Crippen molar-refractivity contribution in [2.24, 2.45) is 0 Å². The molecule has 0 radical (unpaired) electrons. The summed E-state index contributed by atoms with van der Waals surface area (Å²) in [7, 11) is 0. The van der Waals surface area contributed by atoms with Crippen LogP contribution in [0.3, 0.4) is 0 Å². The second-order valence-corrected chi connectivity index (χ2v) is 5.72. The molecule has 3 aromatic rings. The van der Waals surface area contributed by atoms with Crippen molar-refractivity contribution in [3.63, 3.8) is 0 Å². The van der Waals surface area contributed by atoms with Crippen LogP contribution >= 0.6 is 11.3 Å². The number of aromatic carboxylic acids is 1. The van der Waals surface area contributed by atoms with Crippen molar-refractivity contribution in [1.29, 1.82) is 0 Å². The Bertz CT molecular complexity index is 748. The highest BCUT2D eigenvalue weighted by Crippen LogP contribution is 2.26. The smallest absolute Gasteiger partial charge is 0.365 e. The number of thiazole rings is 1. The molecular weight excluding hydrogens is 282 g/mol. The second-order valence-electron chi connectivity index (χ2n) is 4.69. The molecule has 0 fully saturated rings. The first-order valence-electron chi connectivity index (χ1n) is 6.55. The van der Waals surface area contributed by atoms with E-state index in [1.165, 1.54) is 22.5 Å². The van der Waals surface area contributed by atoms with Gasteiger partial charge in [-0.25, -0.2) is 9.78 Å². The standard InChI is InChI=1S/C17H13NO2S/c19-17(20)16-18-11-15(21-16)14-8-6-13(7-9-14)10-12-4-2-1-3-5-12/h1-9,11H,10H2,(H,19,20). The van der Waals surface area contributed by atoms with Gasteiger partial charge in [-0.05, 0) is 23.1 Å². The molecule has 3 nitrogen and oxygen atoms in total. The Hall–Kier alpha value is -2.46. The summed E-state index contributed by atoms with van der Waals surface area (Å²) in [6.45, 7) is 0. The molecule has 104 valence electrons. The zero-order valence-electron chi connectivity index (χ0n) is 11.2. The average molecular weight is 295 g/mol. The van der Waals surface area contributed by atoms with Gasteiger partial charge in [0, 0.05) is 6.20 Å². The van der Waals surface area contributed by atoms with Gasteiger partial charge in [0.2, 0.25) is 5.01 Å². The summed E-state index contributed by atoms with van der Waals surface area (Å²) < 4.78 is 0. The Balaban J connectivity index is 1.78. The lowest BCUT2D eigenvalue weighted by molar-refractivity contribution is 0.0696. The van der Waals surface area contributed by atoms with Gasteiger partial charge in [0.05, 0.1) is 4.88 Å². The van der Waals surface area contributed by atoms with Crippen LogP contribution in [-0.2, 0) is 6.42 Å². The fourth-order valence-electron chi connectivity index (χ4n) is 2.12. The zero-order valence-corrected chi connectivity index (χ0v) is 12.0. The van der Waals surface area contributed by atoms with Gasteiger partial charge in [-0.2, -0.15) is 0 Å². The van der Waals surface area contributed by atoms with E-state index in [-0.39, 0.29) is 5.01 Å². The van der Waals surface area contributed by atoms with Crippen molar-refractivity contribution in [3.05, 3.63) is 76.9 Å². The minimum absolute atomic E-state index is 0.123. The topological polar surface area (TPSA) is 50.2 Å². The van der Waals surface area contributed by atoms with E-state index < -0.39 is 5.97 Å². The maximum atomic E-state index is 10.9. The highest BCUT2D eigenvalue weighted by Gasteiger charge is 2.10. The second kappa shape index (κ2) is 5.89. The molecule has 3 rings (SSSR count). The molecule has 0 bridgehead atoms. The van der Waals surface area contributed by atoms with E-state index in [0.29, 0.717) is 0 Å². The van der Waals surface area contributed by atoms with Crippen LogP contribution in [0.2, 0.25) is 0 Å². The minimum atomic E-state index is -0.980. The molecule has 0 saturated heterocycles. The number of aromatic nitrogens is 1. The molecule has 2 aromatic carbocycles. The number of hydrogen-bond donors (Lipinski definition) is 1. The predicted octanol–water partition coefficient (Wildman–Crippen LogP) is 4.10. The third kappa shape index (κ3) is 3.17. The van der Waals surface area contributed by atoms with Gasteiger partial charge in [0.1, 0.15) is 0 Å². The lowest BCUT2D eigenvalue weighted by Gasteiger charge is -2.03. The number of rotatable bonds is 4. The summed E-state index contributed by atoms with van der Waals surface area (Å²) in [4.78, 5) is 15.6. The maximum absolute atomic E-state index is 10.9. The summed E-state index contributed by atoms with van der Waals surface area (Å²) in [5.74, 6) is -0.980. The Morgan fingerprint density at radius 2 is 1.67 bits per heavy atom. The van der Waals surface area contributed by atoms with Crippen molar-refractivity contribution in [3.8, 4) is 10.4 Å². The fourth-order valence-corrected chi connectivity index (χ4v) is 2.89. The third-order valence-corrected chi connectivity index (χ3v) is 4.21. The Morgan fingerprint density at radius 3 is 2.29 bits per heavy atom. The van der Waals surface area contributed by atoms with Gasteiger partial charge in [-0.15, -0.1) is 11.3 Å². The van der Waals surface area contributed by atoms with E-state index in [4.69, 9.17) is 5.11 Å². The number of carboxylic acid groups (broad SMARTS) is 1. The van der Waals surface area contributed by atoms with E-state index in [1.807, 2.05) is 30.3 Å². The van der Waals surface area contributed by atoms with Crippen LogP contribution in [-0.4, -0.2) is 16.1 Å². The lowest BCUT2D eigenvalue weighted by atomic mass is 10.0. The summed E-state index contributed by atoms with van der Waals surface area (Å²) in [5, 5.41) is 9.02. The molecule has 21 heavy (non-hydrogen) atoms. The molecule has 0 aliphatic heterocycles. The first kappa shape index (κ1) is 13.5. The quantitative estimate of drug-likeness (QED) is 0.788. The summed E-state index contributed by atoms with van der Waals surface area (Å²) >= 11 is 1.19. The molecule has 0 amide bonds. The van der Waals surface area contributed by atoms with E-state index in [9.17, 15) is 4.79 Å². The molecule has 0 saturated carbocycles. The number of carboxylic acids is 1. The molecule has 0 aliphatic carbocycles. The number of nitrogens with zero attached hydrogens (tertiary/aromatic N) is 1. The molecule has 1 N–H and O–H groups in total. The summed E-state index contributed by atoms with van der Waals surface area (Å²) in [5.41, 5.74) is 3.50. The van der Waals surface area contributed by atoms with Crippen molar-refractivity contribution < 1.29 is 9.90 Å². The normalized spacial score (nSPS) is 10.5. The average Bonchev–Trinajstić information content (AvgIpc) is 2.99. The van der Waals surface area contributed by atoms with Crippen LogP contribution < -0.4 is 0 Å². The van der Waals surface area contributed by atoms with Gasteiger partial charge in [0.25, 0.3) is 0 Å². The maximum Gasteiger partial charge on any atom is 0.365 e.